The molecule has 1 atom stereocenters. The molecule has 0 aliphatic heterocycles. The zero-order valence-corrected chi connectivity index (χ0v) is 12.5. The van der Waals surface area contributed by atoms with Crippen LogP contribution < -0.4 is 5.73 Å². The molecule has 96 valence electrons. The summed E-state index contributed by atoms with van der Waals surface area (Å²) in [6, 6.07) is 6.77. The number of thioether (sulfide) groups is 1. The zero-order chi connectivity index (χ0) is 13.1. The van der Waals surface area contributed by atoms with Gasteiger partial charge in [-0.1, -0.05) is 50.1 Å². The molecular formula is C15H25NS. The fourth-order valence-corrected chi connectivity index (χ4v) is 3.22. The Morgan fingerprint density at radius 2 is 1.65 bits per heavy atom. The Morgan fingerprint density at radius 1 is 1.12 bits per heavy atom. The molecule has 0 bridgehead atoms. The summed E-state index contributed by atoms with van der Waals surface area (Å²) in [4.78, 5) is 0. The monoisotopic (exact) mass is 251 g/mol. The van der Waals surface area contributed by atoms with E-state index in [0.29, 0.717) is 5.25 Å². The lowest BCUT2D eigenvalue weighted by molar-refractivity contribution is 0.398. The number of rotatable bonds is 4. The maximum absolute atomic E-state index is 5.86. The van der Waals surface area contributed by atoms with E-state index in [1.165, 1.54) is 16.7 Å². The van der Waals surface area contributed by atoms with Crippen molar-refractivity contribution < 1.29 is 0 Å². The second-order valence-electron chi connectivity index (χ2n) is 5.90. The van der Waals surface area contributed by atoms with Crippen molar-refractivity contribution in [1.29, 1.82) is 0 Å². The van der Waals surface area contributed by atoms with Crippen LogP contribution in [0.4, 0.5) is 0 Å². The van der Waals surface area contributed by atoms with Crippen LogP contribution in [0.5, 0.6) is 0 Å². The van der Waals surface area contributed by atoms with Gasteiger partial charge in [0.25, 0.3) is 0 Å². The van der Waals surface area contributed by atoms with E-state index in [1.807, 2.05) is 11.8 Å². The highest BCUT2D eigenvalue weighted by Gasteiger charge is 2.23. The van der Waals surface area contributed by atoms with E-state index in [1.54, 1.807) is 0 Å². The number of nitrogens with two attached hydrogens (primary N) is 1. The van der Waals surface area contributed by atoms with Crippen molar-refractivity contribution in [3.05, 3.63) is 34.9 Å². The van der Waals surface area contributed by atoms with Crippen LogP contribution in [0.15, 0.2) is 18.2 Å². The Labute approximate surface area is 110 Å². The van der Waals surface area contributed by atoms with Crippen molar-refractivity contribution in [2.75, 3.05) is 6.54 Å². The smallest absolute Gasteiger partial charge is 0.0222 e. The summed E-state index contributed by atoms with van der Waals surface area (Å²) in [6.45, 7) is 11.9. The first-order valence-electron chi connectivity index (χ1n) is 6.22. The fourth-order valence-electron chi connectivity index (χ4n) is 2.02. The van der Waals surface area contributed by atoms with Crippen LogP contribution in [0.3, 0.4) is 0 Å². The molecule has 0 aromatic heterocycles. The molecule has 0 amide bonds. The molecule has 1 nitrogen and oxygen atoms in total. The summed E-state index contributed by atoms with van der Waals surface area (Å²) in [7, 11) is 0. The van der Waals surface area contributed by atoms with Gasteiger partial charge in [-0.2, -0.15) is 11.8 Å². The van der Waals surface area contributed by atoms with E-state index in [4.69, 9.17) is 5.73 Å². The summed E-state index contributed by atoms with van der Waals surface area (Å²) >= 11 is 1.97. The van der Waals surface area contributed by atoms with Gasteiger partial charge in [-0.25, -0.2) is 0 Å². The van der Waals surface area contributed by atoms with Gasteiger partial charge in [-0.05, 0) is 24.8 Å². The second-order valence-corrected chi connectivity index (χ2v) is 7.09. The van der Waals surface area contributed by atoms with E-state index >= 15 is 0 Å². The Morgan fingerprint density at radius 3 is 2.06 bits per heavy atom. The van der Waals surface area contributed by atoms with Crippen molar-refractivity contribution >= 4 is 11.8 Å². The number of hydrogen-bond acceptors (Lipinski definition) is 2. The van der Waals surface area contributed by atoms with Gasteiger partial charge in [0.05, 0.1) is 0 Å². The molecule has 0 saturated heterocycles. The largest absolute Gasteiger partial charge is 0.329 e. The molecule has 2 heteroatoms. The Hall–Kier alpha value is -0.470. The van der Waals surface area contributed by atoms with Crippen LogP contribution in [0.2, 0.25) is 0 Å². The number of aryl methyl sites for hydroxylation is 2. The van der Waals surface area contributed by atoms with Gasteiger partial charge < -0.3 is 5.73 Å². The average Bonchev–Trinajstić information content (AvgIpc) is 2.14. The molecule has 0 radical (unpaired) electrons. The van der Waals surface area contributed by atoms with Crippen LogP contribution in [0, 0.1) is 19.3 Å². The quantitative estimate of drug-likeness (QED) is 0.878. The topological polar surface area (TPSA) is 26.0 Å². The zero-order valence-electron chi connectivity index (χ0n) is 11.7. The standard InChI is InChI=1S/C15H25NS/c1-11-6-12(2)8-13(7-11)10-17-14(9-16)15(3,4)5/h6-8,14H,9-10,16H2,1-5H3. The van der Waals surface area contributed by atoms with Gasteiger partial charge in [0.15, 0.2) is 0 Å². The first-order chi connectivity index (χ1) is 7.82. The molecule has 1 unspecified atom stereocenters. The van der Waals surface area contributed by atoms with E-state index in [-0.39, 0.29) is 5.41 Å². The highest BCUT2D eigenvalue weighted by atomic mass is 32.2. The third kappa shape index (κ3) is 4.72. The Kier molecular flexibility index (Phi) is 5.08. The first kappa shape index (κ1) is 14.6. The minimum absolute atomic E-state index is 0.276. The molecule has 17 heavy (non-hydrogen) atoms. The summed E-state index contributed by atoms with van der Waals surface area (Å²) in [6.07, 6.45) is 0. The minimum Gasteiger partial charge on any atom is -0.329 e. The lowest BCUT2D eigenvalue weighted by atomic mass is 9.92. The van der Waals surface area contributed by atoms with Gasteiger partial charge >= 0.3 is 0 Å². The predicted molar refractivity (Wildman–Crippen MR) is 79.5 cm³/mol. The maximum Gasteiger partial charge on any atom is 0.0222 e. The van der Waals surface area contributed by atoms with Crippen molar-refractivity contribution in [2.45, 2.75) is 45.6 Å². The van der Waals surface area contributed by atoms with Crippen molar-refractivity contribution in [3.63, 3.8) is 0 Å². The second kappa shape index (κ2) is 5.92. The molecular weight excluding hydrogens is 226 g/mol. The molecule has 0 heterocycles. The Balaban J connectivity index is 2.66. The van der Waals surface area contributed by atoms with Crippen molar-refractivity contribution in [2.24, 2.45) is 11.1 Å². The van der Waals surface area contributed by atoms with E-state index < -0.39 is 0 Å². The maximum atomic E-state index is 5.86. The van der Waals surface area contributed by atoms with Crippen molar-refractivity contribution in [1.82, 2.24) is 0 Å². The number of hydrogen-bond donors (Lipinski definition) is 1. The molecule has 0 fully saturated rings. The fraction of sp³-hybridized carbons (Fsp3) is 0.600. The third-order valence-electron chi connectivity index (χ3n) is 2.91. The van der Waals surface area contributed by atoms with Crippen LogP contribution >= 0.6 is 11.8 Å². The molecule has 1 aromatic rings. The highest BCUT2D eigenvalue weighted by Crippen LogP contribution is 2.31. The summed E-state index contributed by atoms with van der Waals surface area (Å²) < 4.78 is 0. The van der Waals surface area contributed by atoms with Crippen molar-refractivity contribution in [3.8, 4) is 0 Å². The minimum atomic E-state index is 0.276. The molecule has 1 rings (SSSR count). The molecule has 0 saturated carbocycles. The van der Waals surface area contributed by atoms with Gasteiger partial charge in [-0.15, -0.1) is 0 Å². The van der Waals surface area contributed by atoms with Gasteiger partial charge in [0.2, 0.25) is 0 Å². The number of benzene rings is 1. The molecule has 0 spiro atoms. The van der Waals surface area contributed by atoms with E-state index in [0.717, 1.165) is 12.3 Å². The third-order valence-corrected chi connectivity index (χ3v) is 4.71. The molecule has 0 aliphatic rings. The molecule has 1 aromatic carbocycles. The average molecular weight is 251 g/mol. The van der Waals surface area contributed by atoms with Gasteiger partial charge in [-0.3, -0.25) is 0 Å². The Bertz CT molecular complexity index is 345. The van der Waals surface area contributed by atoms with Gasteiger partial charge in [0, 0.05) is 17.5 Å². The van der Waals surface area contributed by atoms with Gasteiger partial charge in [0.1, 0.15) is 0 Å². The van der Waals surface area contributed by atoms with Crippen LogP contribution in [-0.2, 0) is 5.75 Å². The SMILES string of the molecule is Cc1cc(C)cc(CSC(CN)C(C)(C)C)c1. The molecule has 0 aliphatic carbocycles. The summed E-state index contributed by atoms with van der Waals surface area (Å²) in [5.41, 5.74) is 10.2. The van der Waals surface area contributed by atoms with E-state index in [9.17, 15) is 0 Å². The van der Waals surface area contributed by atoms with Crippen LogP contribution in [0.1, 0.15) is 37.5 Å². The van der Waals surface area contributed by atoms with Crippen LogP contribution in [0.25, 0.3) is 0 Å². The summed E-state index contributed by atoms with van der Waals surface area (Å²) in [5, 5.41) is 0.517. The van der Waals surface area contributed by atoms with E-state index in [2.05, 4.69) is 52.8 Å². The lowest BCUT2D eigenvalue weighted by Crippen LogP contribution is -2.30. The highest BCUT2D eigenvalue weighted by molar-refractivity contribution is 7.99. The first-order valence-corrected chi connectivity index (χ1v) is 7.26. The molecule has 2 N–H and O–H groups in total. The van der Waals surface area contributed by atoms with Crippen LogP contribution in [-0.4, -0.2) is 11.8 Å². The predicted octanol–water partition coefficient (Wildman–Crippen LogP) is 3.91. The normalized spacial score (nSPS) is 13.8. The summed E-state index contributed by atoms with van der Waals surface area (Å²) in [5.74, 6) is 1.06. The lowest BCUT2D eigenvalue weighted by Gasteiger charge is -2.29.